The molecule has 0 fully saturated rings. The van der Waals surface area contributed by atoms with Crippen LogP contribution in [0.25, 0.3) is 0 Å². The number of rotatable bonds is 14. The van der Waals surface area contributed by atoms with Crippen LogP contribution in [-0.2, 0) is 26.2 Å². The third kappa shape index (κ3) is 9.03. The van der Waals surface area contributed by atoms with Crippen LogP contribution < -0.4 is 14.4 Å². The van der Waals surface area contributed by atoms with E-state index in [0.717, 1.165) is 22.5 Å². The second-order valence-corrected chi connectivity index (χ2v) is 10.9. The Morgan fingerprint density at radius 2 is 1.76 bits per heavy atom. The molecule has 0 saturated heterocycles. The molecule has 2 aromatic rings. The molecule has 0 unspecified atom stereocenters. The van der Waals surface area contributed by atoms with Crippen LogP contribution in [0.3, 0.4) is 0 Å². The Morgan fingerprint density at radius 3 is 2.32 bits per heavy atom. The highest BCUT2D eigenvalue weighted by Crippen LogP contribution is 2.21. The first-order valence-electron chi connectivity index (χ1n) is 12.5. The van der Waals surface area contributed by atoms with Gasteiger partial charge in [-0.1, -0.05) is 26.0 Å². The molecule has 10 heteroatoms. The van der Waals surface area contributed by atoms with Gasteiger partial charge in [-0.3, -0.25) is 13.9 Å². The highest BCUT2D eigenvalue weighted by Gasteiger charge is 2.29. The van der Waals surface area contributed by atoms with Crippen molar-refractivity contribution in [2.24, 2.45) is 0 Å². The third-order valence-corrected chi connectivity index (χ3v) is 7.33. The predicted molar refractivity (Wildman–Crippen MR) is 143 cm³/mol. The third-order valence-electron chi connectivity index (χ3n) is 6.14. The number of benzene rings is 2. The molecule has 204 valence electrons. The molecule has 2 aromatic carbocycles. The number of ether oxygens (including phenoxy) is 1. The molecule has 2 rings (SSSR count). The van der Waals surface area contributed by atoms with Crippen molar-refractivity contribution < 1.29 is 27.1 Å². The van der Waals surface area contributed by atoms with Gasteiger partial charge in [-0.25, -0.2) is 12.8 Å². The van der Waals surface area contributed by atoms with Crippen LogP contribution in [0.5, 0.6) is 5.75 Å². The van der Waals surface area contributed by atoms with Crippen LogP contribution in [0.15, 0.2) is 48.5 Å². The first-order valence-corrected chi connectivity index (χ1v) is 14.3. The number of carbonyl (C=O) groups is 2. The zero-order chi connectivity index (χ0) is 27.6. The summed E-state index contributed by atoms with van der Waals surface area (Å²) in [5.41, 5.74) is 1.13. The monoisotopic (exact) mass is 535 g/mol. The Hall–Kier alpha value is -3.14. The van der Waals surface area contributed by atoms with Crippen molar-refractivity contribution in [3.8, 4) is 5.75 Å². The van der Waals surface area contributed by atoms with Gasteiger partial charge in [0.1, 0.15) is 17.6 Å². The number of amides is 2. The number of halogens is 1. The van der Waals surface area contributed by atoms with Gasteiger partial charge in [-0.15, -0.1) is 0 Å². The van der Waals surface area contributed by atoms with Crippen molar-refractivity contribution in [1.29, 1.82) is 0 Å². The number of methoxy groups -OCH3 is 1. The van der Waals surface area contributed by atoms with Gasteiger partial charge in [0.15, 0.2) is 0 Å². The molecule has 0 heterocycles. The second-order valence-electron chi connectivity index (χ2n) is 9.03. The van der Waals surface area contributed by atoms with Crippen LogP contribution in [0.1, 0.15) is 52.0 Å². The minimum absolute atomic E-state index is 0.0320. The van der Waals surface area contributed by atoms with E-state index in [1.807, 2.05) is 39.0 Å². The fraction of sp³-hybridized carbons (Fsp3) is 0.481. The number of hydrogen-bond acceptors (Lipinski definition) is 5. The molecule has 0 saturated carbocycles. The average Bonchev–Trinajstić information content (AvgIpc) is 2.86. The molecule has 0 aliphatic rings. The fourth-order valence-corrected chi connectivity index (χ4v) is 4.90. The molecule has 0 aromatic heterocycles. The molecule has 2 atom stereocenters. The molecule has 2 amide bonds. The van der Waals surface area contributed by atoms with Gasteiger partial charge >= 0.3 is 0 Å². The number of hydrogen-bond donors (Lipinski definition) is 1. The number of nitrogens with zero attached hydrogens (tertiary/aromatic N) is 2. The zero-order valence-electron chi connectivity index (χ0n) is 22.2. The topological polar surface area (TPSA) is 96.0 Å². The van der Waals surface area contributed by atoms with Gasteiger partial charge in [-0.05, 0) is 68.1 Å². The van der Waals surface area contributed by atoms with E-state index >= 15 is 0 Å². The van der Waals surface area contributed by atoms with Crippen molar-refractivity contribution in [3.63, 3.8) is 0 Å². The van der Waals surface area contributed by atoms with Gasteiger partial charge in [-0.2, -0.15) is 0 Å². The van der Waals surface area contributed by atoms with Crippen LogP contribution in [-0.4, -0.2) is 57.1 Å². The molecule has 0 bridgehead atoms. The number of nitrogens with one attached hydrogen (secondary N) is 1. The Morgan fingerprint density at radius 1 is 1.08 bits per heavy atom. The fourth-order valence-electron chi connectivity index (χ4n) is 3.94. The van der Waals surface area contributed by atoms with E-state index in [4.69, 9.17) is 4.74 Å². The minimum atomic E-state index is -3.65. The quantitative estimate of drug-likeness (QED) is 0.393. The minimum Gasteiger partial charge on any atom is -0.497 e. The van der Waals surface area contributed by atoms with E-state index in [1.165, 1.54) is 24.3 Å². The molecule has 0 radical (unpaired) electrons. The van der Waals surface area contributed by atoms with E-state index in [1.54, 1.807) is 18.1 Å². The first kappa shape index (κ1) is 30.1. The lowest BCUT2D eigenvalue weighted by Crippen LogP contribution is -2.50. The zero-order valence-corrected chi connectivity index (χ0v) is 23.1. The normalized spacial score (nSPS) is 12.9. The Kier molecular flexibility index (Phi) is 11.4. The predicted octanol–water partition coefficient (Wildman–Crippen LogP) is 4.10. The number of sulfonamides is 1. The van der Waals surface area contributed by atoms with Gasteiger partial charge < -0.3 is 15.0 Å². The van der Waals surface area contributed by atoms with Crippen LogP contribution in [0.4, 0.5) is 10.1 Å². The van der Waals surface area contributed by atoms with Crippen LogP contribution >= 0.6 is 0 Å². The van der Waals surface area contributed by atoms with Crippen molar-refractivity contribution in [3.05, 3.63) is 59.9 Å². The standard InChI is InChI=1S/C27H38FN3O5S/c1-6-20(3)29-27(33)25(7-2)30(19-21-10-8-11-24(18-21)36-4)26(32)12-9-17-31(37(5,34)35)23-15-13-22(28)14-16-23/h8,10-11,13-16,18,20,25H,6-7,9,12,17,19H2,1-5H3,(H,29,33)/t20-,25+/m0/s1. The van der Waals surface area contributed by atoms with E-state index < -0.39 is 21.9 Å². The largest absolute Gasteiger partial charge is 0.497 e. The summed E-state index contributed by atoms with van der Waals surface area (Å²) >= 11 is 0. The van der Waals surface area contributed by atoms with Gasteiger partial charge in [0.2, 0.25) is 21.8 Å². The highest BCUT2D eigenvalue weighted by molar-refractivity contribution is 7.92. The van der Waals surface area contributed by atoms with Crippen molar-refractivity contribution in [1.82, 2.24) is 10.2 Å². The maximum absolute atomic E-state index is 13.5. The summed E-state index contributed by atoms with van der Waals surface area (Å²) in [4.78, 5) is 28.1. The summed E-state index contributed by atoms with van der Waals surface area (Å²) in [6.45, 7) is 5.98. The summed E-state index contributed by atoms with van der Waals surface area (Å²) in [5, 5.41) is 2.97. The Bertz CT molecular complexity index is 1140. The lowest BCUT2D eigenvalue weighted by molar-refractivity contribution is -0.141. The van der Waals surface area contributed by atoms with E-state index in [9.17, 15) is 22.4 Å². The molecular weight excluding hydrogens is 497 g/mol. The molecule has 8 nitrogen and oxygen atoms in total. The maximum atomic E-state index is 13.5. The summed E-state index contributed by atoms with van der Waals surface area (Å²) in [6.07, 6.45) is 2.50. The first-order chi connectivity index (χ1) is 17.5. The van der Waals surface area contributed by atoms with Crippen molar-refractivity contribution in [2.75, 3.05) is 24.2 Å². The summed E-state index contributed by atoms with van der Waals surface area (Å²) in [7, 11) is -2.09. The maximum Gasteiger partial charge on any atom is 0.243 e. The molecular formula is C27H38FN3O5S. The van der Waals surface area contributed by atoms with Gasteiger partial charge in [0.05, 0.1) is 19.1 Å². The van der Waals surface area contributed by atoms with E-state index in [2.05, 4.69) is 5.32 Å². The van der Waals surface area contributed by atoms with Gasteiger partial charge in [0, 0.05) is 25.6 Å². The average molecular weight is 536 g/mol. The lowest BCUT2D eigenvalue weighted by Gasteiger charge is -2.32. The lowest BCUT2D eigenvalue weighted by atomic mass is 10.1. The molecule has 0 spiro atoms. The summed E-state index contributed by atoms with van der Waals surface area (Å²) in [6, 6.07) is 11.7. The Labute approximate surface area is 219 Å². The summed E-state index contributed by atoms with van der Waals surface area (Å²) < 4.78 is 44.5. The molecule has 0 aliphatic carbocycles. The van der Waals surface area contributed by atoms with Crippen molar-refractivity contribution in [2.45, 2.75) is 65.1 Å². The Balaban J connectivity index is 2.24. The smallest absolute Gasteiger partial charge is 0.243 e. The molecule has 1 N–H and O–H groups in total. The van der Waals surface area contributed by atoms with Crippen molar-refractivity contribution >= 4 is 27.5 Å². The summed E-state index contributed by atoms with van der Waals surface area (Å²) in [5.74, 6) is -0.314. The van der Waals surface area contributed by atoms with Crippen LogP contribution in [0.2, 0.25) is 0 Å². The molecule has 37 heavy (non-hydrogen) atoms. The second kappa shape index (κ2) is 14.0. The van der Waals surface area contributed by atoms with Gasteiger partial charge in [0.25, 0.3) is 0 Å². The van der Waals surface area contributed by atoms with E-state index in [-0.39, 0.29) is 43.8 Å². The molecule has 0 aliphatic heterocycles. The SMILES string of the molecule is CC[C@H](C(=O)N[C@@H](C)CC)N(Cc1cccc(OC)c1)C(=O)CCCN(c1ccc(F)cc1)S(C)(=O)=O. The van der Waals surface area contributed by atoms with Crippen LogP contribution in [0, 0.1) is 5.82 Å². The number of carbonyl (C=O) groups excluding carboxylic acids is 2. The number of anilines is 1. The highest BCUT2D eigenvalue weighted by atomic mass is 32.2. The van der Waals surface area contributed by atoms with E-state index in [0.29, 0.717) is 17.9 Å².